The van der Waals surface area contributed by atoms with Crippen LogP contribution in [0.15, 0.2) is 12.2 Å². The molecule has 0 aromatic rings. The summed E-state index contributed by atoms with van der Waals surface area (Å²) in [6.07, 6.45) is 3.16. The zero-order chi connectivity index (χ0) is 8.48. The molecule has 1 rings (SSSR count). The van der Waals surface area contributed by atoms with E-state index in [1.807, 2.05) is 0 Å². The van der Waals surface area contributed by atoms with Crippen LogP contribution in [-0.4, -0.2) is 27.7 Å². The highest BCUT2D eigenvalue weighted by molar-refractivity contribution is 5.85. The van der Waals surface area contributed by atoms with Crippen LogP contribution in [0.1, 0.15) is 19.8 Å². The topological polar surface area (TPSA) is 57.5 Å². The Morgan fingerprint density at radius 1 is 1.73 bits per heavy atom. The summed E-state index contributed by atoms with van der Waals surface area (Å²) in [5.41, 5.74) is -1.53. The Hall–Kier alpha value is -0.670. The van der Waals surface area contributed by atoms with E-state index in [0.717, 1.165) is 0 Å². The van der Waals surface area contributed by atoms with E-state index >= 15 is 0 Å². The Labute approximate surface area is 65.3 Å². The Morgan fingerprint density at radius 3 is 2.73 bits per heavy atom. The molecular weight excluding hydrogens is 144 g/mol. The van der Waals surface area contributed by atoms with Gasteiger partial charge in [-0.05, 0) is 19.8 Å². The molecule has 0 aromatic heterocycles. The van der Waals surface area contributed by atoms with E-state index in [1.165, 1.54) is 13.0 Å². The van der Waals surface area contributed by atoms with Crippen molar-refractivity contribution in [2.24, 2.45) is 0 Å². The molecule has 0 aromatic carbocycles. The molecule has 0 unspecified atom stereocenters. The summed E-state index contributed by atoms with van der Waals surface area (Å²) >= 11 is 0. The first-order valence-electron chi connectivity index (χ1n) is 3.65. The Balaban J connectivity index is 2.85. The van der Waals surface area contributed by atoms with Gasteiger partial charge >= 0.3 is 0 Å². The fourth-order valence-electron chi connectivity index (χ4n) is 1.22. The van der Waals surface area contributed by atoms with Gasteiger partial charge in [-0.2, -0.15) is 0 Å². The SMILES string of the molecule is CC(=O)[C@@]1(O)CCC=C[C@H]1O. The number of ketones is 1. The van der Waals surface area contributed by atoms with Gasteiger partial charge < -0.3 is 10.2 Å². The molecule has 3 heteroatoms. The number of aliphatic hydroxyl groups excluding tert-OH is 1. The zero-order valence-electron chi connectivity index (χ0n) is 6.45. The number of Topliss-reactive ketones (excluding diaryl/α,β-unsaturated/α-hetero) is 1. The second kappa shape index (κ2) is 2.75. The smallest absolute Gasteiger partial charge is 0.164 e. The molecular formula is C8H12O3. The number of rotatable bonds is 1. The molecule has 0 saturated carbocycles. The normalized spacial score (nSPS) is 37.2. The van der Waals surface area contributed by atoms with Gasteiger partial charge in [0.15, 0.2) is 11.4 Å². The average molecular weight is 156 g/mol. The van der Waals surface area contributed by atoms with Gasteiger partial charge in [0, 0.05) is 0 Å². The quantitative estimate of drug-likeness (QED) is 0.526. The van der Waals surface area contributed by atoms with Gasteiger partial charge in [-0.25, -0.2) is 0 Å². The first-order valence-corrected chi connectivity index (χ1v) is 3.65. The molecule has 11 heavy (non-hydrogen) atoms. The second-order valence-corrected chi connectivity index (χ2v) is 2.89. The third-order valence-electron chi connectivity index (χ3n) is 2.11. The van der Waals surface area contributed by atoms with Crippen LogP contribution in [0.3, 0.4) is 0 Å². The Morgan fingerprint density at radius 2 is 2.36 bits per heavy atom. The van der Waals surface area contributed by atoms with Crippen molar-refractivity contribution >= 4 is 5.78 Å². The van der Waals surface area contributed by atoms with Crippen molar-refractivity contribution in [3.63, 3.8) is 0 Å². The molecule has 0 fully saturated rings. The van der Waals surface area contributed by atoms with Gasteiger partial charge in [0.2, 0.25) is 0 Å². The van der Waals surface area contributed by atoms with Crippen LogP contribution in [0.5, 0.6) is 0 Å². The minimum Gasteiger partial charge on any atom is -0.386 e. The highest BCUT2D eigenvalue weighted by atomic mass is 16.3. The van der Waals surface area contributed by atoms with Crippen molar-refractivity contribution < 1.29 is 15.0 Å². The van der Waals surface area contributed by atoms with E-state index in [0.29, 0.717) is 12.8 Å². The van der Waals surface area contributed by atoms with Crippen molar-refractivity contribution in [1.82, 2.24) is 0 Å². The van der Waals surface area contributed by atoms with Gasteiger partial charge in [-0.15, -0.1) is 0 Å². The maximum absolute atomic E-state index is 10.9. The molecule has 0 saturated heterocycles. The summed E-state index contributed by atoms with van der Waals surface area (Å²) in [4.78, 5) is 10.9. The summed E-state index contributed by atoms with van der Waals surface area (Å²) in [7, 11) is 0. The maximum atomic E-state index is 10.9. The lowest BCUT2D eigenvalue weighted by Gasteiger charge is -2.30. The Bertz CT molecular complexity index is 198. The summed E-state index contributed by atoms with van der Waals surface area (Å²) in [6.45, 7) is 1.29. The molecule has 1 aliphatic rings. The van der Waals surface area contributed by atoms with Gasteiger partial charge in [0.05, 0.1) is 0 Å². The molecule has 2 N–H and O–H groups in total. The van der Waals surface area contributed by atoms with Crippen molar-refractivity contribution in [3.05, 3.63) is 12.2 Å². The van der Waals surface area contributed by atoms with E-state index in [1.54, 1.807) is 6.08 Å². The average Bonchev–Trinajstić information content (AvgIpc) is 1.95. The maximum Gasteiger partial charge on any atom is 0.164 e. The molecule has 0 heterocycles. The van der Waals surface area contributed by atoms with E-state index in [9.17, 15) is 15.0 Å². The van der Waals surface area contributed by atoms with Crippen LogP contribution in [0, 0.1) is 0 Å². The molecule has 0 aliphatic heterocycles. The first-order chi connectivity index (χ1) is 5.07. The van der Waals surface area contributed by atoms with E-state index < -0.39 is 11.7 Å². The molecule has 3 nitrogen and oxygen atoms in total. The molecule has 0 amide bonds. The molecule has 2 atom stereocenters. The van der Waals surface area contributed by atoms with Crippen molar-refractivity contribution in [1.29, 1.82) is 0 Å². The number of carbonyl (C=O) groups is 1. The third-order valence-corrected chi connectivity index (χ3v) is 2.11. The monoisotopic (exact) mass is 156 g/mol. The Kier molecular flexibility index (Phi) is 2.11. The van der Waals surface area contributed by atoms with Crippen LogP contribution < -0.4 is 0 Å². The van der Waals surface area contributed by atoms with Gasteiger partial charge in [-0.1, -0.05) is 12.2 Å². The zero-order valence-corrected chi connectivity index (χ0v) is 6.45. The molecule has 0 spiro atoms. The standard InChI is InChI=1S/C8H12O3/c1-6(9)8(11)5-3-2-4-7(8)10/h2,4,7,10-11H,3,5H2,1H3/t7-,8+/m1/s1. The third kappa shape index (κ3) is 1.34. The summed E-state index contributed by atoms with van der Waals surface area (Å²) in [5.74, 6) is -0.366. The number of aliphatic hydroxyl groups is 2. The lowest BCUT2D eigenvalue weighted by molar-refractivity contribution is -0.146. The molecule has 0 bridgehead atoms. The summed E-state index contributed by atoms with van der Waals surface area (Å²) in [5, 5.41) is 18.8. The largest absolute Gasteiger partial charge is 0.386 e. The van der Waals surface area contributed by atoms with E-state index in [-0.39, 0.29) is 5.78 Å². The number of hydrogen-bond donors (Lipinski definition) is 2. The van der Waals surface area contributed by atoms with E-state index in [4.69, 9.17) is 0 Å². The van der Waals surface area contributed by atoms with E-state index in [2.05, 4.69) is 0 Å². The highest BCUT2D eigenvalue weighted by Crippen LogP contribution is 2.24. The van der Waals surface area contributed by atoms with Crippen LogP contribution >= 0.6 is 0 Å². The van der Waals surface area contributed by atoms with Crippen LogP contribution in [0.4, 0.5) is 0 Å². The van der Waals surface area contributed by atoms with Crippen LogP contribution in [0.25, 0.3) is 0 Å². The lowest BCUT2D eigenvalue weighted by Crippen LogP contribution is -2.48. The number of hydrogen-bond acceptors (Lipinski definition) is 3. The highest BCUT2D eigenvalue weighted by Gasteiger charge is 2.39. The summed E-state index contributed by atoms with van der Waals surface area (Å²) < 4.78 is 0. The van der Waals surface area contributed by atoms with Gasteiger partial charge in [-0.3, -0.25) is 4.79 Å². The second-order valence-electron chi connectivity index (χ2n) is 2.89. The van der Waals surface area contributed by atoms with Crippen LogP contribution in [-0.2, 0) is 4.79 Å². The molecule has 62 valence electrons. The lowest BCUT2D eigenvalue weighted by atomic mass is 9.84. The predicted octanol–water partition coefficient (Wildman–Crippen LogP) is 0.0174. The van der Waals surface area contributed by atoms with Gasteiger partial charge in [0.1, 0.15) is 6.10 Å². The predicted molar refractivity (Wildman–Crippen MR) is 40.0 cm³/mol. The minimum absolute atomic E-state index is 0.319. The number of carbonyl (C=O) groups excluding carboxylic acids is 1. The summed E-state index contributed by atoms with van der Waals surface area (Å²) in [6, 6.07) is 0. The minimum atomic E-state index is -1.53. The molecule has 0 radical (unpaired) electrons. The van der Waals surface area contributed by atoms with Crippen molar-refractivity contribution in [2.75, 3.05) is 0 Å². The number of allylic oxidation sites excluding steroid dienone is 1. The fourth-order valence-corrected chi connectivity index (χ4v) is 1.22. The van der Waals surface area contributed by atoms with Crippen molar-refractivity contribution in [3.8, 4) is 0 Å². The first kappa shape index (κ1) is 8.43. The van der Waals surface area contributed by atoms with Crippen molar-refractivity contribution in [2.45, 2.75) is 31.5 Å². The van der Waals surface area contributed by atoms with Crippen LogP contribution in [0.2, 0.25) is 0 Å². The van der Waals surface area contributed by atoms with Gasteiger partial charge in [0.25, 0.3) is 0 Å². The fraction of sp³-hybridized carbons (Fsp3) is 0.625. The molecule has 1 aliphatic carbocycles.